The molecule has 0 saturated carbocycles. The van der Waals surface area contributed by atoms with E-state index in [9.17, 15) is 4.79 Å². The molecule has 0 aliphatic heterocycles. The number of unbranched alkanes of at least 4 members (excludes halogenated alkanes) is 19. The van der Waals surface area contributed by atoms with Gasteiger partial charge in [0, 0.05) is 33.9 Å². The van der Waals surface area contributed by atoms with Crippen molar-refractivity contribution in [3.63, 3.8) is 0 Å². The maximum Gasteiger partial charge on any atom is 0.409 e. The monoisotopic (exact) mass is 543 g/mol. The first-order valence-corrected chi connectivity index (χ1v) is 16.1. The van der Waals surface area contributed by atoms with E-state index in [-0.39, 0.29) is 19.3 Å². The average molecular weight is 544 g/mol. The number of amides is 1. The van der Waals surface area contributed by atoms with Gasteiger partial charge in [0.05, 0.1) is 6.61 Å². The van der Waals surface area contributed by atoms with Crippen LogP contribution in [-0.4, -0.2) is 68.8 Å². The molecule has 0 aromatic carbocycles. The van der Waals surface area contributed by atoms with Gasteiger partial charge in [-0.05, 0) is 26.2 Å². The number of ether oxygens (including phenoxy) is 3. The Labute approximate surface area is 236 Å². The van der Waals surface area contributed by atoms with Gasteiger partial charge in [0.15, 0.2) is 0 Å². The molecule has 0 aliphatic carbocycles. The van der Waals surface area contributed by atoms with E-state index in [2.05, 4.69) is 6.92 Å². The third-order valence-electron chi connectivity index (χ3n) is 7.51. The van der Waals surface area contributed by atoms with Gasteiger partial charge in [-0.25, -0.2) is 4.79 Å². The summed E-state index contributed by atoms with van der Waals surface area (Å²) in [5.74, 6) is 0. The minimum atomic E-state index is -0.637. The summed E-state index contributed by atoms with van der Waals surface area (Å²) in [7, 11) is 3.44. The van der Waals surface area contributed by atoms with E-state index in [1.807, 2.05) is 14.0 Å². The Hall–Kier alpha value is -0.850. The lowest BCUT2D eigenvalue weighted by atomic mass is 10.0. The summed E-state index contributed by atoms with van der Waals surface area (Å²) >= 11 is 0. The smallest absolute Gasteiger partial charge is 0.409 e. The largest absolute Gasteiger partial charge is 0.446 e. The predicted molar refractivity (Wildman–Crippen MR) is 160 cm³/mol. The number of carbonyl (C=O) groups excluding carboxylic acids is 1. The van der Waals surface area contributed by atoms with Crippen LogP contribution >= 0.6 is 0 Å². The zero-order valence-corrected chi connectivity index (χ0v) is 25.9. The number of carbonyl (C=O) groups is 1. The number of aliphatic hydroxyl groups excluding tert-OH is 1. The van der Waals surface area contributed by atoms with Crippen molar-refractivity contribution >= 4 is 6.09 Å². The Morgan fingerprint density at radius 1 is 0.684 bits per heavy atom. The van der Waals surface area contributed by atoms with E-state index in [4.69, 9.17) is 19.3 Å². The summed E-state index contributed by atoms with van der Waals surface area (Å²) in [6.45, 7) is 6.45. The first kappa shape index (κ1) is 37.1. The second-order valence-corrected chi connectivity index (χ2v) is 11.5. The van der Waals surface area contributed by atoms with Crippen molar-refractivity contribution in [2.24, 2.45) is 0 Å². The lowest BCUT2D eigenvalue weighted by molar-refractivity contribution is -0.0956. The maximum atomic E-state index is 12.4. The second-order valence-electron chi connectivity index (χ2n) is 11.5. The van der Waals surface area contributed by atoms with E-state index in [1.165, 1.54) is 96.3 Å². The summed E-state index contributed by atoms with van der Waals surface area (Å²) in [6, 6.07) is 0. The summed E-state index contributed by atoms with van der Waals surface area (Å²) in [5, 5.41) is 8.81. The van der Waals surface area contributed by atoms with Crippen LogP contribution in [0.5, 0.6) is 0 Å². The first-order valence-electron chi connectivity index (χ1n) is 16.1. The van der Waals surface area contributed by atoms with Crippen LogP contribution < -0.4 is 0 Å². The molecule has 0 heterocycles. The summed E-state index contributed by atoms with van der Waals surface area (Å²) in [6.07, 6.45) is 26.4. The molecule has 0 radical (unpaired) electrons. The maximum absolute atomic E-state index is 12.4. The Balaban J connectivity index is 3.63. The molecule has 0 fully saturated rings. The molecular formula is C32H65NO5. The molecule has 0 aromatic rings. The number of hydrogen-bond donors (Lipinski definition) is 1. The van der Waals surface area contributed by atoms with E-state index < -0.39 is 5.60 Å². The number of nitrogens with zero attached hydrogens (tertiary/aromatic N) is 1. The normalized spacial score (nSPS) is 13.0. The van der Waals surface area contributed by atoms with Crippen LogP contribution in [0.1, 0.15) is 149 Å². The van der Waals surface area contributed by atoms with Crippen molar-refractivity contribution in [2.45, 2.75) is 154 Å². The molecule has 38 heavy (non-hydrogen) atoms. The molecule has 0 spiro atoms. The van der Waals surface area contributed by atoms with Gasteiger partial charge in [0.1, 0.15) is 12.2 Å². The SMILES string of the molecule is CCCCCCCCCCCCCCCCCCN(C)C(=O)OCC(C)(COCCCCCCCO)OC. The van der Waals surface area contributed by atoms with Crippen molar-refractivity contribution < 1.29 is 24.1 Å². The Morgan fingerprint density at radius 2 is 1.13 bits per heavy atom. The molecule has 6 nitrogen and oxygen atoms in total. The summed E-state index contributed by atoms with van der Waals surface area (Å²) < 4.78 is 16.9. The second kappa shape index (κ2) is 27.7. The van der Waals surface area contributed by atoms with Crippen LogP contribution in [0.3, 0.4) is 0 Å². The van der Waals surface area contributed by atoms with Gasteiger partial charge >= 0.3 is 6.09 Å². The van der Waals surface area contributed by atoms with Crippen LogP contribution in [0.4, 0.5) is 4.79 Å². The minimum absolute atomic E-state index is 0.183. The van der Waals surface area contributed by atoms with Gasteiger partial charge < -0.3 is 24.2 Å². The third kappa shape index (κ3) is 24.2. The molecular weight excluding hydrogens is 478 g/mol. The zero-order chi connectivity index (χ0) is 28.2. The van der Waals surface area contributed by atoms with Gasteiger partial charge in [0.2, 0.25) is 0 Å². The Bertz CT molecular complexity index is 504. The lowest BCUT2D eigenvalue weighted by Crippen LogP contribution is -2.41. The van der Waals surface area contributed by atoms with E-state index in [0.717, 1.165) is 45.1 Å². The molecule has 1 amide bonds. The number of rotatable bonds is 29. The van der Waals surface area contributed by atoms with E-state index >= 15 is 0 Å². The number of hydrogen-bond acceptors (Lipinski definition) is 5. The summed E-state index contributed by atoms with van der Waals surface area (Å²) in [5.41, 5.74) is -0.637. The van der Waals surface area contributed by atoms with Crippen molar-refractivity contribution in [1.82, 2.24) is 4.90 Å². The van der Waals surface area contributed by atoms with Gasteiger partial charge in [-0.15, -0.1) is 0 Å². The zero-order valence-electron chi connectivity index (χ0n) is 25.9. The van der Waals surface area contributed by atoms with Crippen molar-refractivity contribution in [3.8, 4) is 0 Å². The van der Waals surface area contributed by atoms with Crippen molar-refractivity contribution in [3.05, 3.63) is 0 Å². The average Bonchev–Trinajstić information content (AvgIpc) is 2.92. The molecule has 228 valence electrons. The van der Waals surface area contributed by atoms with Crippen LogP contribution in [0, 0.1) is 0 Å². The van der Waals surface area contributed by atoms with Gasteiger partial charge in [-0.2, -0.15) is 0 Å². The highest BCUT2D eigenvalue weighted by atomic mass is 16.6. The number of methoxy groups -OCH3 is 1. The van der Waals surface area contributed by atoms with E-state index in [0.29, 0.717) is 13.2 Å². The molecule has 1 N–H and O–H groups in total. The van der Waals surface area contributed by atoms with Crippen LogP contribution in [0.15, 0.2) is 0 Å². The summed E-state index contributed by atoms with van der Waals surface area (Å²) in [4.78, 5) is 14.1. The molecule has 0 bridgehead atoms. The number of aliphatic hydroxyl groups is 1. The lowest BCUT2D eigenvalue weighted by Gasteiger charge is -2.28. The fraction of sp³-hybridized carbons (Fsp3) is 0.969. The minimum Gasteiger partial charge on any atom is -0.446 e. The van der Waals surface area contributed by atoms with Crippen LogP contribution in [0.25, 0.3) is 0 Å². The molecule has 6 heteroatoms. The topological polar surface area (TPSA) is 68.2 Å². The standard InChI is InChI=1S/C32H65NO5/c1-5-6-7-8-9-10-11-12-13-14-15-16-17-18-20-23-26-33(3)31(35)38-30-32(2,36-4)29-37-28-25-22-19-21-24-27-34/h34H,5-30H2,1-4H3. The fourth-order valence-electron chi connectivity index (χ4n) is 4.61. The predicted octanol–water partition coefficient (Wildman–Crippen LogP) is 8.68. The molecule has 0 aliphatic rings. The quantitative estimate of drug-likeness (QED) is 0.0956. The molecule has 1 atom stereocenters. The highest BCUT2D eigenvalue weighted by molar-refractivity contribution is 5.67. The van der Waals surface area contributed by atoms with Gasteiger partial charge in [-0.1, -0.05) is 122 Å². The Morgan fingerprint density at radius 3 is 1.61 bits per heavy atom. The molecule has 0 saturated heterocycles. The van der Waals surface area contributed by atoms with Gasteiger partial charge in [0.25, 0.3) is 0 Å². The molecule has 0 rings (SSSR count). The third-order valence-corrected chi connectivity index (χ3v) is 7.51. The molecule has 1 unspecified atom stereocenters. The first-order chi connectivity index (χ1) is 18.5. The Kier molecular flexibility index (Phi) is 27.1. The highest BCUT2D eigenvalue weighted by Gasteiger charge is 2.27. The van der Waals surface area contributed by atoms with Crippen molar-refractivity contribution in [2.75, 3.05) is 47.1 Å². The van der Waals surface area contributed by atoms with E-state index in [1.54, 1.807) is 12.0 Å². The fourth-order valence-corrected chi connectivity index (χ4v) is 4.61. The van der Waals surface area contributed by atoms with Crippen LogP contribution in [-0.2, 0) is 14.2 Å². The van der Waals surface area contributed by atoms with Crippen molar-refractivity contribution in [1.29, 1.82) is 0 Å². The molecule has 0 aromatic heterocycles. The highest BCUT2D eigenvalue weighted by Crippen LogP contribution is 2.15. The van der Waals surface area contributed by atoms with Gasteiger partial charge in [-0.3, -0.25) is 0 Å². The van der Waals surface area contributed by atoms with Crippen LogP contribution in [0.2, 0.25) is 0 Å².